The molecular weight excluding hydrogens is 298 g/mol. The van der Waals surface area contributed by atoms with Gasteiger partial charge < -0.3 is 9.76 Å². The van der Waals surface area contributed by atoms with Crippen molar-refractivity contribution in [1.82, 2.24) is 0 Å². The van der Waals surface area contributed by atoms with Crippen LogP contribution >= 0.6 is 0 Å². The highest BCUT2D eigenvalue weighted by Gasteiger charge is 2.36. The summed E-state index contributed by atoms with van der Waals surface area (Å²) < 4.78 is 20.3. The van der Waals surface area contributed by atoms with Gasteiger partial charge in [0.25, 0.3) is 0 Å². The van der Waals surface area contributed by atoms with E-state index in [1.807, 2.05) is 19.6 Å². The lowest BCUT2D eigenvalue weighted by Crippen LogP contribution is -2.50. The number of benzene rings is 1. The minimum atomic E-state index is -1.85. The molecule has 1 rings (SSSR count). The molecule has 0 bridgehead atoms. The maximum atomic E-state index is 14.6. The number of carbonyl (C=O) groups is 1. The van der Waals surface area contributed by atoms with E-state index in [0.717, 1.165) is 0 Å². The Morgan fingerprint density at radius 2 is 1.77 bits per heavy atom. The third kappa shape index (κ3) is 4.06. The number of aldehydes is 1. The van der Waals surface area contributed by atoms with Gasteiger partial charge in [0.2, 0.25) is 0 Å². The second-order valence-corrected chi connectivity index (χ2v) is 12.8. The molecule has 22 heavy (non-hydrogen) atoms. The molecule has 0 unspecified atom stereocenters. The highest BCUT2D eigenvalue weighted by atomic mass is 28.3. The van der Waals surface area contributed by atoms with Crippen molar-refractivity contribution in [2.24, 2.45) is 0 Å². The van der Waals surface area contributed by atoms with Crippen molar-refractivity contribution < 1.29 is 18.9 Å². The Kier molecular flexibility index (Phi) is 5.43. The van der Waals surface area contributed by atoms with Crippen LogP contribution in [-0.2, 0) is 4.65 Å². The van der Waals surface area contributed by atoms with Crippen molar-refractivity contribution in [2.45, 2.75) is 58.5 Å². The SMILES string of the molecule is CC(C)(O)C(C)(C)OBc1ccc([Si](C)(C)C)c(F)c1C=O. The molecule has 0 spiro atoms. The Morgan fingerprint density at radius 1 is 1.23 bits per heavy atom. The van der Waals surface area contributed by atoms with Crippen molar-refractivity contribution >= 4 is 32.5 Å². The van der Waals surface area contributed by atoms with Crippen molar-refractivity contribution in [2.75, 3.05) is 0 Å². The van der Waals surface area contributed by atoms with Gasteiger partial charge in [0.15, 0.2) is 6.29 Å². The molecule has 0 aliphatic carbocycles. The third-order valence-electron chi connectivity index (χ3n) is 4.26. The van der Waals surface area contributed by atoms with E-state index in [-0.39, 0.29) is 13.0 Å². The van der Waals surface area contributed by atoms with Gasteiger partial charge in [-0.1, -0.05) is 31.8 Å². The van der Waals surface area contributed by atoms with Gasteiger partial charge in [-0.25, -0.2) is 4.39 Å². The van der Waals surface area contributed by atoms with Crippen LogP contribution in [0.1, 0.15) is 38.1 Å². The molecule has 0 aliphatic rings. The summed E-state index contributed by atoms with van der Waals surface area (Å²) in [7, 11) is -1.78. The van der Waals surface area contributed by atoms with Crippen LogP contribution < -0.4 is 10.6 Å². The molecule has 3 nitrogen and oxygen atoms in total. The van der Waals surface area contributed by atoms with Gasteiger partial charge in [-0.15, -0.1) is 0 Å². The third-order valence-corrected chi connectivity index (χ3v) is 6.26. The maximum absolute atomic E-state index is 14.6. The molecule has 122 valence electrons. The Balaban J connectivity index is 3.13. The average Bonchev–Trinajstić information content (AvgIpc) is 2.33. The first kappa shape index (κ1) is 19.1. The largest absolute Gasteiger partial charge is 0.427 e. The van der Waals surface area contributed by atoms with Gasteiger partial charge in [-0.2, -0.15) is 0 Å². The van der Waals surface area contributed by atoms with Crippen molar-refractivity contribution in [3.8, 4) is 0 Å². The Hall–Kier alpha value is -0.978. The summed E-state index contributed by atoms with van der Waals surface area (Å²) in [5, 5.41) is 10.7. The number of rotatable bonds is 6. The predicted octanol–water partition coefficient (Wildman–Crippen LogP) is 1.73. The molecule has 0 amide bonds. The fourth-order valence-electron chi connectivity index (χ4n) is 1.90. The summed E-state index contributed by atoms with van der Waals surface area (Å²) in [6, 6.07) is 3.51. The van der Waals surface area contributed by atoms with E-state index in [4.69, 9.17) is 4.65 Å². The van der Waals surface area contributed by atoms with Gasteiger partial charge >= 0.3 is 7.48 Å². The lowest BCUT2D eigenvalue weighted by atomic mass is 9.80. The zero-order valence-corrected chi connectivity index (χ0v) is 15.6. The van der Waals surface area contributed by atoms with E-state index < -0.39 is 25.1 Å². The van der Waals surface area contributed by atoms with Crippen LogP contribution in [0.4, 0.5) is 4.39 Å². The van der Waals surface area contributed by atoms with E-state index in [9.17, 15) is 14.3 Å². The van der Waals surface area contributed by atoms with Gasteiger partial charge in [0, 0.05) is 5.56 Å². The summed E-state index contributed by atoms with van der Waals surface area (Å²) in [6.07, 6.45) is 0.550. The molecule has 0 saturated carbocycles. The minimum Gasteiger partial charge on any atom is -0.427 e. The zero-order chi connectivity index (χ0) is 17.3. The number of hydrogen-bond acceptors (Lipinski definition) is 3. The van der Waals surface area contributed by atoms with Crippen LogP contribution in [0.2, 0.25) is 19.6 Å². The first-order chi connectivity index (χ1) is 9.81. The van der Waals surface area contributed by atoms with Crippen molar-refractivity contribution in [1.29, 1.82) is 0 Å². The standard InChI is InChI=1S/C16H26BFO3Si/c1-15(2,20)16(3,4)21-17-12-8-9-13(22(5,6)7)14(18)11(12)10-19/h8-10,17,20H,1-7H3. The van der Waals surface area contributed by atoms with E-state index in [1.54, 1.807) is 39.8 Å². The molecule has 0 fully saturated rings. The van der Waals surface area contributed by atoms with Gasteiger partial charge in [-0.05, 0) is 38.3 Å². The van der Waals surface area contributed by atoms with E-state index in [0.29, 0.717) is 16.9 Å². The number of aliphatic hydroxyl groups is 1. The first-order valence-electron chi connectivity index (χ1n) is 7.44. The highest BCUT2D eigenvalue weighted by molar-refractivity contribution is 6.88. The molecule has 0 aromatic heterocycles. The number of carbonyl (C=O) groups excluding carboxylic acids is 1. The molecule has 1 N–H and O–H groups in total. The Morgan fingerprint density at radius 3 is 2.18 bits per heavy atom. The normalized spacial score (nSPS) is 13.1. The van der Waals surface area contributed by atoms with Crippen LogP contribution in [0, 0.1) is 5.82 Å². The monoisotopic (exact) mass is 324 g/mol. The van der Waals surface area contributed by atoms with Crippen LogP contribution in [0.25, 0.3) is 0 Å². The Bertz CT molecular complexity index is 560. The quantitative estimate of drug-likeness (QED) is 0.640. The molecule has 0 radical (unpaired) electrons. The molecule has 0 aliphatic heterocycles. The van der Waals surface area contributed by atoms with Crippen LogP contribution in [-0.4, -0.2) is 38.2 Å². The summed E-state index contributed by atoms with van der Waals surface area (Å²) in [5.41, 5.74) is -1.30. The van der Waals surface area contributed by atoms with E-state index in [2.05, 4.69) is 0 Å². The molecule has 1 aromatic rings. The molecule has 0 saturated heterocycles. The van der Waals surface area contributed by atoms with Gasteiger partial charge in [0.1, 0.15) is 5.82 Å². The average molecular weight is 324 g/mol. The molecule has 6 heteroatoms. The molecule has 0 heterocycles. The second kappa shape index (κ2) is 6.26. The minimum absolute atomic E-state index is 0.0615. The topological polar surface area (TPSA) is 46.5 Å². The molecule has 1 aromatic carbocycles. The molecule has 0 atom stereocenters. The van der Waals surface area contributed by atoms with Gasteiger partial charge in [0.05, 0.1) is 19.3 Å². The summed E-state index contributed by atoms with van der Waals surface area (Å²) >= 11 is 0. The summed E-state index contributed by atoms with van der Waals surface area (Å²) in [4.78, 5) is 11.3. The maximum Gasteiger partial charge on any atom is 0.310 e. The number of hydrogen-bond donors (Lipinski definition) is 1. The summed E-state index contributed by atoms with van der Waals surface area (Å²) in [6.45, 7) is 12.9. The van der Waals surface area contributed by atoms with Gasteiger partial charge in [-0.3, -0.25) is 4.79 Å². The fraction of sp³-hybridized carbons (Fsp3) is 0.562. The summed E-state index contributed by atoms with van der Waals surface area (Å²) in [5.74, 6) is -0.434. The Labute approximate surface area is 134 Å². The fourth-order valence-corrected chi connectivity index (χ4v) is 3.28. The lowest BCUT2D eigenvalue weighted by Gasteiger charge is -2.37. The molecular formula is C16H26BFO3Si. The zero-order valence-electron chi connectivity index (χ0n) is 14.6. The van der Waals surface area contributed by atoms with Crippen molar-refractivity contribution in [3.05, 3.63) is 23.5 Å². The predicted molar refractivity (Wildman–Crippen MR) is 93.0 cm³/mol. The van der Waals surface area contributed by atoms with E-state index in [1.165, 1.54) is 0 Å². The van der Waals surface area contributed by atoms with E-state index >= 15 is 0 Å². The highest BCUT2D eigenvalue weighted by Crippen LogP contribution is 2.24. The van der Waals surface area contributed by atoms with Crippen LogP contribution in [0.3, 0.4) is 0 Å². The van der Waals surface area contributed by atoms with Crippen molar-refractivity contribution in [3.63, 3.8) is 0 Å². The van der Waals surface area contributed by atoms with Crippen LogP contribution in [0.5, 0.6) is 0 Å². The lowest BCUT2D eigenvalue weighted by molar-refractivity contribution is -0.0893. The second-order valence-electron chi connectivity index (χ2n) is 7.73. The smallest absolute Gasteiger partial charge is 0.310 e. The number of halogens is 1. The van der Waals surface area contributed by atoms with Crippen LogP contribution in [0.15, 0.2) is 12.1 Å². The first-order valence-corrected chi connectivity index (χ1v) is 10.9.